The normalized spacial score (nSPS) is 10.1. The molecule has 4 heteroatoms. The van der Waals surface area contributed by atoms with Gasteiger partial charge in [-0.25, -0.2) is 9.78 Å². The Hall–Kier alpha value is -2.36. The van der Waals surface area contributed by atoms with E-state index in [-0.39, 0.29) is 6.03 Å². The molecule has 2 rings (SSSR count). The zero-order valence-electron chi connectivity index (χ0n) is 11.3. The van der Waals surface area contributed by atoms with Crippen LogP contribution in [0.25, 0.3) is 0 Å². The summed E-state index contributed by atoms with van der Waals surface area (Å²) in [6.07, 6.45) is 1.71. The van der Waals surface area contributed by atoms with E-state index in [1.54, 1.807) is 12.3 Å². The molecule has 0 aliphatic rings. The number of urea groups is 1. The Kier molecular flexibility index (Phi) is 3.80. The van der Waals surface area contributed by atoms with Crippen molar-refractivity contribution in [1.82, 2.24) is 4.98 Å². The van der Waals surface area contributed by atoms with E-state index < -0.39 is 0 Å². The molecule has 0 atom stereocenters. The molecule has 2 aromatic rings. The number of nitrogens with zero attached hydrogens (tertiary/aromatic N) is 1. The second kappa shape index (κ2) is 5.52. The van der Waals surface area contributed by atoms with Crippen molar-refractivity contribution in [2.45, 2.75) is 20.8 Å². The Morgan fingerprint density at radius 1 is 1.00 bits per heavy atom. The summed E-state index contributed by atoms with van der Waals surface area (Å²) in [5.74, 6) is 0.534. The van der Waals surface area contributed by atoms with Crippen LogP contribution in [0.3, 0.4) is 0 Å². The van der Waals surface area contributed by atoms with Crippen molar-refractivity contribution in [1.29, 1.82) is 0 Å². The van der Waals surface area contributed by atoms with Crippen LogP contribution in [0.4, 0.5) is 16.3 Å². The second-order valence-electron chi connectivity index (χ2n) is 4.60. The number of anilines is 2. The first kappa shape index (κ1) is 13.1. The minimum Gasteiger partial charge on any atom is -0.308 e. The van der Waals surface area contributed by atoms with E-state index in [0.29, 0.717) is 5.82 Å². The van der Waals surface area contributed by atoms with Gasteiger partial charge in [-0.05, 0) is 55.7 Å². The minimum atomic E-state index is -0.292. The van der Waals surface area contributed by atoms with E-state index in [9.17, 15) is 4.79 Å². The van der Waals surface area contributed by atoms with Crippen LogP contribution in [0.1, 0.15) is 16.7 Å². The van der Waals surface area contributed by atoms with Crippen LogP contribution < -0.4 is 10.6 Å². The number of amides is 2. The highest BCUT2D eigenvalue weighted by Crippen LogP contribution is 2.14. The van der Waals surface area contributed by atoms with Gasteiger partial charge in [-0.3, -0.25) is 5.32 Å². The van der Waals surface area contributed by atoms with E-state index in [1.165, 1.54) is 5.56 Å². The summed E-state index contributed by atoms with van der Waals surface area (Å²) in [5, 5.41) is 5.47. The van der Waals surface area contributed by atoms with E-state index in [4.69, 9.17) is 0 Å². The Bertz CT molecular complexity index is 591. The first-order valence-electron chi connectivity index (χ1n) is 6.12. The highest BCUT2D eigenvalue weighted by atomic mass is 16.2. The third kappa shape index (κ3) is 3.55. The molecule has 1 heterocycles. The van der Waals surface area contributed by atoms with E-state index in [2.05, 4.69) is 15.6 Å². The van der Waals surface area contributed by atoms with Crippen LogP contribution >= 0.6 is 0 Å². The van der Waals surface area contributed by atoms with Gasteiger partial charge in [-0.1, -0.05) is 12.1 Å². The number of hydrogen-bond acceptors (Lipinski definition) is 2. The third-order valence-corrected chi connectivity index (χ3v) is 2.92. The standard InChI is InChI=1S/C15H17N3O/c1-10-4-7-14(16-9-10)18-15(19)17-13-6-5-11(2)12(3)8-13/h4-9H,1-3H3,(H2,16,17,18,19). The molecule has 0 saturated heterocycles. The van der Waals surface area contributed by atoms with Crippen LogP contribution in [-0.4, -0.2) is 11.0 Å². The summed E-state index contributed by atoms with van der Waals surface area (Å²) in [5.41, 5.74) is 4.17. The Labute approximate surface area is 112 Å². The van der Waals surface area contributed by atoms with Crippen LogP contribution in [0.2, 0.25) is 0 Å². The third-order valence-electron chi connectivity index (χ3n) is 2.92. The van der Waals surface area contributed by atoms with E-state index >= 15 is 0 Å². The number of aryl methyl sites for hydroxylation is 3. The van der Waals surface area contributed by atoms with Crippen molar-refractivity contribution in [2.24, 2.45) is 0 Å². The zero-order valence-corrected chi connectivity index (χ0v) is 11.3. The molecule has 98 valence electrons. The summed E-state index contributed by atoms with van der Waals surface area (Å²) < 4.78 is 0. The van der Waals surface area contributed by atoms with Gasteiger partial charge in [-0.2, -0.15) is 0 Å². The van der Waals surface area contributed by atoms with Gasteiger partial charge < -0.3 is 5.32 Å². The monoisotopic (exact) mass is 255 g/mol. The molecule has 0 bridgehead atoms. The lowest BCUT2D eigenvalue weighted by atomic mass is 10.1. The molecule has 0 radical (unpaired) electrons. The van der Waals surface area contributed by atoms with Gasteiger partial charge in [0, 0.05) is 11.9 Å². The highest BCUT2D eigenvalue weighted by Gasteiger charge is 2.04. The average Bonchev–Trinajstić information content (AvgIpc) is 2.37. The molecule has 1 aromatic carbocycles. The lowest BCUT2D eigenvalue weighted by Gasteiger charge is -2.08. The number of pyridine rings is 1. The fraction of sp³-hybridized carbons (Fsp3) is 0.200. The molecule has 1 aromatic heterocycles. The minimum absolute atomic E-state index is 0.292. The number of hydrogen-bond donors (Lipinski definition) is 2. The van der Waals surface area contributed by atoms with Crippen molar-refractivity contribution >= 4 is 17.5 Å². The summed E-state index contributed by atoms with van der Waals surface area (Å²) in [4.78, 5) is 15.9. The molecule has 0 spiro atoms. The van der Waals surface area contributed by atoms with Crippen LogP contribution in [0.15, 0.2) is 36.5 Å². The molecule has 0 saturated carbocycles. The predicted octanol–water partition coefficient (Wildman–Crippen LogP) is 3.65. The number of carbonyl (C=O) groups excluding carboxylic acids is 1. The zero-order chi connectivity index (χ0) is 13.8. The first-order valence-corrected chi connectivity index (χ1v) is 6.12. The highest BCUT2D eigenvalue weighted by molar-refractivity contribution is 5.99. The lowest BCUT2D eigenvalue weighted by Crippen LogP contribution is -2.20. The summed E-state index contributed by atoms with van der Waals surface area (Å²) in [6, 6.07) is 9.19. The van der Waals surface area contributed by atoms with Crippen molar-refractivity contribution in [3.05, 3.63) is 53.2 Å². The van der Waals surface area contributed by atoms with Gasteiger partial charge in [0.15, 0.2) is 0 Å². The number of benzene rings is 1. The maximum absolute atomic E-state index is 11.8. The lowest BCUT2D eigenvalue weighted by molar-refractivity contribution is 0.262. The van der Waals surface area contributed by atoms with Gasteiger partial charge in [-0.15, -0.1) is 0 Å². The van der Waals surface area contributed by atoms with Gasteiger partial charge >= 0.3 is 6.03 Å². The van der Waals surface area contributed by atoms with Gasteiger partial charge in [0.1, 0.15) is 5.82 Å². The summed E-state index contributed by atoms with van der Waals surface area (Å²) >= 11 is 0. The topological polar surface area (TPSA) is 54.0 Å². The first-order chi connectivity index (χ1) is 9.04. The maximum Gasteiger partial charge on any atom is 0.324 e. The summed E-state index contributed by atoms with van der Waals surface area (Å²) in [6.45, 7) is 6.00. The predicted molar refractivity (Wildman–Crippen MR) is 77.5 cm³/mol. The van der Waals surface area contributed by atoms with Gasteiger partial charge in [0.25, 0.3) is 0 Å². The maximum atomic E-state index is 11.8. The van der Waals surface area contributed by atoms with Crippen molar-refractivity contribution in [2.75, 3.05) is 10.6 Å². The van der Waals surface area contributed by atoms with Crippen molar-refractivity contribution in [3.63, 3.8) is 0 Å². The fourth-order valence-electron chi connectivity index (χ4n) is 1.64. The average molecular weight is 255 g/mol. The van der Waals surface area contributed by atoms with E-state index in [1.807, 2.05) is 45.0 Å². The van der Waals surface area contributed by atoms with Crippen molar-refractivity contribution < 1.29 is 4.79 Å². The van der Waals surface area contributed by atoms with E-state index in [0.717, 1.165) is 16.8 Å². The molecule has 0 unspecified atom stereocenters. The Morgan fingerprint density at radius 2 is 1.79 bits per heavy atom. The van der Waals surface area contributed by atoms with Gasteiger partial charge in [0.2, 0.25) is 0 Å². The second-order valence-corrected chi connectivity index (χ2v) is 4.60. The van der Waals surface area contributed by atoms with Crippen molar-refractivity contribution in [3.8, 4) is 0 Å². The number of carbonyl (C=O) groups is 1. The molecule has 19 heavy (non-hydrogen) atoms. The Balaban J connectivity index is 2.01. The Morgan fingerprint density at radius 3 is 2.42 bits per heavy atom. The molecule has 0 aliphatic carbocycles. The largest absolute Gasteiger partial charge is 0.324 e. The smallest absolute Gasteiger partial charge is 0.308 e. The van der Waals surface area contributed by atoms with Crippen LogP contribution in [-0.2, 0) is 0 Å². The molecule has 2 amide bonds. The number of rotatable bonds is 2. The number of nitrogens with one attached hydrogen (secondary N) is 2. The summed E-state index contributed by atoms with van der Waals surface area (Å²) in [7, 11) is 0. The fourth-order valence-corrected chi connectivity index (χ4v) is 1.64. The molecule has 0 aliphatic heterocycles. The van der Waals surface area contributed by atoms with Gasteiger partial charge in [0.05, 0.1) is 0 Å². The van der Waals surface area contributed by atoms with Crippen LogP contribution in [0, 0.1) is 20.8 Å². The molecule has 4 nitrogen and oxygen atoms in total. The molecule has 0 fully saturated rings. The molecule has 2 N–H and O–H groups in total. The quantitative estimate of drug-likeness (QED) is 0.860. The number of aromatic nitrogens is 1. The molecular weight excluding hydrogens is 238 g/mol. The molecular formula is C15H17N3O. The SMILES string of the molecule is Cc1ccc(NC(=O)Nc2ccc(C)c(C)c2)nc1. The van der Waals surface area contributed by atoms with Crippen LogP contribution in [0.5, 0.6) is 0 Å².